The number of pyridine rings is 2. The first kappa shape index (κ1) is 20.2. The Labute approximate surface area is 191 Å². The van der Waals surface area contributed by atoms with Gasteiger partial charge in [0.05, 0.1) is 41.3 Å². The Kier molecular flexibility index (Phi) is 5.39. The van der Waals surface area contributed by atoms with Crippen molar-refractivity contribution in [3.63, 3.8) is 0 Å². The van der Waals surface area contributed by atoms with Gasteiger partial charge in [-0.05, 0) is 43.9 Å². The minimum absolute atomic E-state index is 0.131. The molecule has 0 atom stereocenters. The zero-order chi connectivity index (χ0) is 22.0. The number of ether oxygens (including phenoxy) is 2. The van der Waals surface area contributed by atoms with Crippen molar-refractivity contribution in [1.82, 2.24) is 24.9 Å². The first-order valence-electron chi connectivity index (χ1n) is 11.6. The third kappa shape index (κ3) is 4.28. The summed E-state index contributed by atoms with van der Waals surface area (Å²) in [6.07, 6.45) is 9.56. The van der Waals surface area contributed by atoms with E-state index in [9.17, 15) is 0 Å². The Bertz CT molecular complexity index is 1250. The minimum Gasteiger partial charge on any atom is -0.474 e. The molecule has 33 heavy (non-hydrogen) atoms. The topological polar surface area (TPSA) is 101 Å². The van der Waals surface area contributed by atoms with Crippen molar-refractivity contribution in [3.8, 4) is 5.88 Å². The van der Waals surface area contributed by atoms with Crippen LogP contribution in [0, 0.1) is 0 Å². The van der Waals surface area contributed by atoms with Gasteiger partial charge in [0.1, 0.15) is 11.9 Å². The van der Waals surface area contributed by atoms with E-state index in [0.717, 1.165) is 79.7 Å². The van der Waals surface area contributed by atoms with E-state index < -0.39 is 0 Å². The largest absolute Gasteiger partial charge is 0.474 e. The SMILES string of the molecule is c1cnc2cc(N3CCOCC3)nc(O[C@H]3CC[C@@H](Nc4ncc5[nH]ccc5n4)CC3)c2c1. The highest BCUT2D eigenvalue weighted by Crippen LogP contribution is 2.31. The molecule has 1 saturated heterocycles. The van der Waals surface area contributed by atoms with E-state index >= 15 is 0 Å². The molecule has 2 N–H and O–H groups in total. The maximum absolute atomic E-state index is 6.47. The third-order valence-corrected chi connectivity index (χ3v) is 6.47. The molecule has 0 bridgehead atoms. The molecule has 1 aliphatic heterocycles. The lowest BCUT2D eigenvalue weighted by Crippen LogP contribution is -2.37. The molecule has 0 aromatic carbocycles. The standard InChI is InChI=1S/C24H27N7O2/c1-2-18-20(25-8-1)14-22(31-10-12-32-13-11-31)30-23(18)33-17-5-3-16(4-6-17)28-24-27-15-21-19(29-24)7-9-26-21/h1-2,7-9,14-17,26H,3-6,10-13H2,(H,27,28,29)/t16-,17+. The Morgan fingerprint density at radius 3 is 2.79 bits per heavy atom. The van der Waals surface area contributed by atoms with E-state index in [0.29, 0.717) is 17.9 Å². The van der Waals surface area contributed by atoms with Crippen molar-refractivity contribution >= 4 is 33.7 Å². The summed E-state index contributed by atoms with van der Waals surface area (Å²) in [6.45, 7) is 3.10. The van der Waals surface area contributed by atoms with Crippen LogP contribution in [-0.2, 0) is 4.74 Å². The summed E-state index contributed by atoms with van der Waals surface area (Å²) in [5, 5.41) is 4.45. The molecule has 4 aromatic heterocycles. The van der Waals surface area contributed by atoms with Crippen molar-refractivity contribution < 1.29 is 9.47 Å². The predicted octanol–water partition coefficient (Wildman–Crippen LogP) is 3.54. The van der Waals surface area contributed by atoms with E-state index in [1.165, 1.54) is 0 Å². The van der Waals surface area contributed by atoms with Crippen LogP contribution in [0.25, 0.3) is 21.9 Å². The van der Waals surface area contributed by atoms with Gasteiger partial charge in [0, 0.05) is 37.6 Å². The van der Waals surface area contributed by atoms with Crippen LogP contribution < -0.4 is 15.0 Å². The number of nitrogens with one attached hydrogen (secondary N) is 2. The van der Waals surface area contributed by atoms with Crippen LogP contribution >= 0.6 is 0 Å². The molecule has 4 aromatic rings. The van der Waals surface area contributed by atoms with E-state index in [-0.39, 0.29) is 6.10 Å². The molecule has 0 spiro atoms. The van der Waals surface area contributed by atoms with Crippen LogP contribution in [0.5, 0.6) is 5.88 Å². The van der Waals surface area contributed by atoms with E-state index in [4.69, 9.17) is 14.5 Å². The number of hydrogen-bond donors (Lipinski definition) is 2. The summed E-state index contributed by atoms with van der Waals surface area (Å²) in [5.41, 5.74) is 2.79. The Hall–Kier alpha value is -3.46. The quantitative estimate of drug-likeness (QED) is 0.481. The molecule has 2 aliphatic rings. The van der Waals surface area contributed by atoms with Gasteiger partial charge in [0.15, 0.2) is 0 Å². The normalized spacial score (nSPS) is 21.4. The molecule has 0 radical (unpaired) electrons. The van der Waals surface area contributed by atoms with Crippen molar-refractivity contribution in [2.24, 2.45) is 0 Å². The molecule has 6 rings (SSSR count). The second kappa shape index (κ2) is 8.82. The molecular formula is C24H27N7O2. The number of aromatic nitrogens is 5. The zero-order valence-electron chi connectivity index (χ0n) is 18.4. The van der Waals surface area contributed by atoms with Crippen LogP contribution in [0.4, 0.5) is 11.8 Å². The first-order valence-corrected chi connectivity index (χ1v) is 11.6. The van der Waals surface area contributed by atoms with Crippen LogP contribution in [0.1, 0.15) is 25.7 Å². The lowest BCUT2D eigenvalue weighted by Gasteiger charge is -2.31. The van der Waals surface area contributed by atoms with Crippen molar-refractivity contribution in [2.75, 3.05) is 36.5 Å². The maximum Gasteiger partial charge on any atom is 0.225 e. The summed E-state index contributed by atoms with van der Waals surface area (Å²) in [4.78, 5) is 23.9. The maximum atomic E-state index is 6.47. The van der Waals surface area contributed by atoms with Crippen LogP contribution in [-0.4, -0.2) is 63.4 Å². The second-order valence-corrected chi connectivity index (χ2v) is 8.66. The molecule has 5 heterocycles. The van der Waals surface area contributed by atoms with Gasteiger partial charge in [0.25, 0.3) is 0 Å². The average molecular weight is 446 g/mol. The van der Waals surface area contributed by atoms with Crippen molar-refractivity contribution in [2.45, 2.75) is 37.8 Å². The molecule has 1 saturated carbocycles. The number of hydrogen-bond acceptors (Lipinski definition) is 8. The second-order valence-electron chi connectivity index (χ2n) is 8.66. The van der Waals surface area contributed by atoms with Gasteiger partial charge in [-0.15, -0.1) is 0 Å². The molecule has 9 nitrogen and oxygen atoms in total. The Morgan fingerprint density at radius 1 is 1.03 bits per heavy atom. The summed E-state index contributed by atoms with van der Waals surface area (Å²) in [5.74, 6) is 2.27. The molecule has 0 amide bonds. The average Bonchev–Trinajstić information content (AvgIpc) is 3.34. The van der Waals surface area contributed by atoms with Crippen LogP contribution in [0.15, 0.2) is 42.9 Å². The fourth-order valence-electron chi connectivity index (χ4n) is 4.66. The van der Waals surface area contributed by atoms with Gasteiger partial charge in [-0.3, -0.25) is 4.98 Å². The fourth-order valence-corrected chi connectivity index (χ4v) is 4.66. The lowest BCUT2D eigenvalue weighted by atomic mass is 9.93. The summed E-state index contributed by atoms with van der Waals surface area (Å²) in [7, 11) is 0. The van der Waals surface area contributed by atoms with Gasteiger partial charge in [-0.2, -0.15) is 4.98 Å². The molecule has 2 fully saturated rings. The predicted molar refractivity (Wildman–Crippen MR) is 127 cm³/mol. The highest BCUT2D eigenvalue weighted by molar-refractivity contribution is 5.85. The highest BCUT2D eigenvalue weighted by Gasteiger charge is 2.25. The molecule has 1 aliphatic carbocycles. The third-order valence-electron chi connectivity index (χ3n) is 6.47. The number of fused-ring (bicyclic) bond motifs is 2. The fraction of sp³-hybridized carbons (Fsp3) is 0.417. The van der Waals surface area contributed by atoms with Crippen molar-refractivity contribution in [1.29, 1.82) is 0 Å². The molecule has 9 heteroatoms. The van der Waals surface area contributed by atoms with Gasteiger partial charge >= 0.3 is 0 Å². The van der Waals surface area contributed by atoms with Gasteiger partial charge in [-0.25, -0.2) is 9.97 Å². The van der Waals surface area contributed by atoms with Gasteiger partial charge < -0.3 is 24.7 Å². The Morgan fingerprint density at radius 2 is 1.91 bits per heavy atom. The van der Waals surface area contributed by atoms with Crippen LogP contribution in [0.2, 0.25) is 0 Å². The number of morpholine rings is 1. The molecule has 0 unspecified atom stereocenters. The van der Waals surface area contributed by atoms with E-state index in [2.05, 4.69) is 36.2 Å². The first-order chi connectivity index (χ1) is 16.3. The number of rotatable bonds is 5. The summed E-state index contributed by atoms with van der Waals surface area (Å²) in [6, 6.07) is 8.33. The number of anilines is 2. The molecule has 170 valence electrons. The molecular weight excluding hydrogens is 418 g/mol. The Balaban J connectivity index is 1.14. The summed E-state index contributed by atoms with van der Waals surface area (Å²) >= 11 is 0. The smallest absolute Gasteiger partial charge is 0.225 e. The summed E-state index contributed by atoms with van der Waals surface area (Å²) < 4.78 is 12.0. The van der Waals surface area contributed by atoms with Gasteiger partial charge in [-0.1, -0.05) is 0 Å². The lowest BCUT2D eigenvalue weighted by molar-refractivity contribution is 0.122. The minimum atomic E-state index is 0.131. The number of H-pyrrole nitrogens is 1. The monoisotopic (exact) mass is 445 g/mol. The zero-order valence-corrected chi connectivity index (χ0v) is 18.4. The van der Waals surface area contributed by atoms with Gasteiger partial charge in [0.2, 0.25) is 11.8 Å². The highest BCUT2D eigenvalue weighted by atomic mass is 16.5. The van der Waals surface area contributed by atoms with Crippen LogP contribution in [0.3, 0.4) is 0 Å². The van der Waals surface area contributed by atoms with E-state index in [1.807, 2.05) is 36.8 Å². The number of nitrogens with zero attached hydrogens (tertiary/aromatic N) is 5. The van der Waals surface area contributed by atoms with E-state index in [1.54, 1.807) is 0 Å². The number of aromatic amines is 1. The van der Waals surface area contributed by atoms with Crippen molar-refractivity contribution in [3.05, 3.63) is 42.9 Å².